The van der Waals surface area contributed by atoms with Crippen LogP contribution < -0.4 is 5.32 Å². The van der Waals surface area contributed by atoms with Crippen molar-refractivity contribution in [3.8, 4) is 0 Å². The van der Waals surface area contributed by atoms with E-state index in [9.17, 15) is 4.79 Å². The van der Waals surface area contributed by atoms with Gasteiger partial charge in [-0.15, -0.1) is 0 Å². The third-order valence-electron chi connectivity index (χ3n) is 3.37. The minimum atomic E-state index is 0.0713. The minimum absolute atomic E-state index is 0.0713. The van der Waals surface area contributed by atoms with E-state index in [1.54, 1.807) is 0 Å². The lowest BCUT2D eigenvalue weighted by Gasteiger charge is -2.26. The highest BCUT2D eigenvalue weighted by atomic mass is 79.9. The molecule has 1 rings (SSSR count). The maximum atomic E-state index is 12.0. The van der Waals surface area contributed by atoms with Crippen LogP contribution in [0.25, 0.3) is 0 Å². The molecule has 0 aliphatic rings. The van der Waals surface area contributed by atoms with Crippen LogP contribution in [-0.2, 0) is 4.79 Å². The monoisotopic (exact) mass is 311 g/mol. The second-order valence-corrected chi connectivity index (χ2v) is 6.86. The molecule has 0 bridgehead atoms. The van der Waals surface area contributed by atoms with Gasteiger partial charge in [0.05, 0.1) is 5.69 Å². The molecule has 0 aromatic heterocycles. The highest BCUT2D eigenvalue weighted by Crippen LogP contribution is 2.29. The fourth-order valence-corrected chi connectivity index (χ4v) is 2.10. The van der Waals surface area contributed by atoms with Crippen molar-refractivity contribution in [1.29, 1.82) is 0 Å². The summed E-state index contributed by atoms with van der Waals surface area (Å²) in [5.74, 6) is 0.420. The predicted molar refractivity (Wildman–Crippen MR) is 80.7 cm³/mol. The Balaban J connectivity index is 2.65. The number of amides is 1. The Hall–Kier alpha value is -0.830. The van der Waals surface area contributed by atoms with Crippen molar-refractivity contribution in [2.75, 3.05) is 5.32 Å². The maximum absolute atomic E-state index is 12.0. The zero-order valence-electron chi connectivity index (χ0n) is 11.8. The molecule has 3 heteroatoms. The summed E-state index contributed by atoms with van der Waals surface area (Å²) in [5, 5.41) is 2.95. The number of benzene rings is 1. The summed E-state index contributed by atoms with van der Waals surface area (Å²) in [6.07, 6.45) is 0.545. The summed E-state index contributed by atoms with van der Waals surface area (Å²) in [4.78, 5) is 12.0. The first-order chi connectivity index (χ1) is 8.20. The van der Waals surface area contributed by atoms with E-state index in [1.165, 1.54) is 5.56 Å². The average Bonchev–Trinajstić information content (AvgIpc) is 2.20. The van der Waals surface area contributed by atoms with Crippen LogP contribution in [0, 0.1) is 18.3 Å². The Morgan fingerprint density at radius 3 is 2.50 bits per heavy atom. The molecule has 0 fully saturated rings. The standard InChI is InChI=1S/C15H22BrNO/c1-10-6-7-13(12(16)8-10)17-14(18)9-11(2)15(3,4)5/h6-8,11H,9H2,1-5H3,(H,17,18). The quantitative estimate of drug-likeness (QED) is 0.856. The number of hydrogen-bond acceptors (Lipinski definition) is 1. The number of nitrogens with one attached hydrogen (secondary N) is 1. The lowest BCUT2D eigenvalue weighted by molar-refractivity contribution is -0.117. The fourth-order valence-electron chi connectivity index (χ4n) is 1.51. The number of hydrogen-bond donors (Lipinski definition) is 1. The maximum Gasteiger partial charge on any atom is 0.224 e. The predicted octanol–water partition coefficient (Wildman–Crippen LogP) is 4.77. The molecule has 1 aromatic carbocycles. The summed E-state index contributed by atoms with van der Waals surface area (Å²) >= 11 is 3.47. The molecule has 0 aliphatic heterocycles. The summed E-state index contributed by atoms with van der Waals surface area (Å²) in [6, 6.07) is 5.93. The van der Waals surface area contributed by atoms with E-state index in [2.05, 4.69) is 48.9 Å². The largest absolute Gasteiger partial charge is 0.325 e. The topological polar surface area (TPSA) is 29.1 Å². The van der Waals surface area contributed by atoms with E-state index < -0.39 is 0 Å². The average molecular weight is 312 g/mol. The number of halogens is 1. The molecule has 1 unspecified atom stereocenters. The number of rotatable bonds is 3. The van der Waals surface area contributed by atoms with E-state index in [4.69, 9.17) is 0 Å². The van der Waals surface area contributed by atoms with E-state index in [1.807, 2.05) is 25.1 Å². The van der Waals surface area contributed by atoms with Gasteiger partial charge >= 0.3 is 0 Å². The smallest absolute Gasteiger partial charge is 0.224 e. The normalized spacial score (nSPS) is 13.2. The SMILES string of the molecule is Cc1ccc(NC(=O)CC(C)C(C)(C)C)c(Br)c1. The van der Waals surface area contributed by atoms with E-state index >= 15 is 0 Å². The molecule has 18 heavy (non-hydrogen) atoms. The first-order valence-corrected chi connectivity index (χ1v) is 7.05. The number of carbonyl (C=O) groups excluding carboxylic acids is 1. The van der Waals surface area contributed by atoms with Crippen molar-refractivity contribution in [3.05, 3.63) is 28.2 Å². The van der Waals surface area contributed by atoms with Gasteiger partial charge in [-0.3, -0.25) is 4.79 Å². The molecule has 1 amide bonds. The second kappa shape index (κ2) is 5.87. The van der Waals surface area contributed by atoms with Gasteiger partial charge in [-0.2, -0.15) is 0 Å². The van der Waals surface area contributed by atoms with Crippen LogP contribution in [0.4, 0.5) is 5.69 Å². The molecule has 100 valence electrons. The van der Waals surface area contributed by atoms with Gasteiger partial charge in [0.1, 0.15) is 0 Å². The van der Waals surface area contributed by atoms with Gasteiger partial charge in [0.25, 0.3) is 0 Å². The molecule has 0 spiro atoms. The second-order valence-electron chi connectivity index (χ2n) is 6.00. The van der Waals surface area contributed by atoms with Gasteiger partial charge in [0.15, 0.2) is 0 Å². The first-order valence-electron chi connectivity index (χ1n) is 6.26. The molecule has 0 radical (unpaired) electrons. The van der Waals surface area contributed by atoms with Crippen molar-refractivity contribution in [2.24, 2.45) is 11.3 Å². The Labute approximate surface area is 118 Å². The number of carbonyl (C=O) groups is 1. The molecule has 0 heterocycles. The molecule has 2 nitrogen and oxygen atoms in total. The zero-order chi connectivity index (χ0) is 13.9. The van der Waals surface area contributed by atoms with Crippen molar-refractivity contribution in [2.45, 2.75) is 41.0 Å². The molecule has 1 atom stereocenters. The summed E-state index contributed by atoms with van der Waals surface area (Å²) < 4.78 is 0.930. The van der Waals surface area contributed by atoms with Crippen LogP contribution >= 0.6 is 15.9 Å². The highest BCUT2D eigenvalue weighted by molar-refractivity contribution is 9.10. The molecule has 1 aromatic rings. The Morgan fingerprint density at radius 2 is 2.00 bits per heavy atom. The summed E-state index contributed by atoms with van der Waals surface area (Å²) in [5.41, 5.74) is 2.16. The fraction of sp³-hybridized carbons (Fsp3) is 0.533. The van der Waals surface area contributed by atoms with Crippen molar-refractivity contribution >= 4 is 27.5 Å². The Bertz CT molecular complexity index is 435. The minimum Gasteiger partial charge on any atom is -0.325 e. The van der Waals surface area contributed by atoms with Gasteiger partial charge in [-0.1, -0.05) is 33.8 Å². The van der Waals surface area contributed by atoms with Crippen molar-refractivity contribution < 1.29 is 4.79 Å². The first kappa shape index (κ1) is 15.2. The Kier molecular flexibility index (Phi) is 4.97. The van der Waals surface area contributed by atoms with Crippen molar-refractivity contribution in [3.63, 3.8) is 0 Å². The van der Waals surface area contributed by atoms with Crippen LogP contribution in [0.1, 0.15) is 39.7 Å². The lowest BCUT2D eigenvalue weighted by Crippen LogP contribution is -2.24. The molecule has 1 N–H and O–H groups in total. The van der Waals surface area contributed by atoms with Crippen molar-refractivity contribution in [1.82, 2.24) is 0 Å². The third kappa shape index (κ3) is 4.45. The highest BCUT2D eigenvalue weighted by Gasteiger charge is 2.22. The van der Waals surface area contributed by atoms with E-state index in [0.717, 1.165) is 10.2 Å². The van der Waals surface area contributed by atoms with Crippen LogP contribution in [0.3, 0.4) is 0 Å². The zero-order valence-corrected chi connectivity index (χ0v) is 13.4. The number of anilines is 1. The molecule has 0 saturated carbocycles. The molecular formula is C15H22BrNO. The molecule has 0 aliphatic carbocycles. The van der Waals surface area contributed by atoms with Gasteiger partial charge in [-0.25, -0.2) is 0 Å². The van der Waals surface area contributed by atoms with Gasteiger partial charge < -0.3 is 5.32 Å². The van der Waals surface area contributed by atoms with Gasteiger partial charge in [0, 0.05) is 10.9 Å². The van der Waals surface area contributed by atoms with Gasteiger partial charge in [0.2, 0.25) is 5.91 Å². The van der Waals surface area contributed by atoms with Crippen LogP contribution in [0.5, 0.6) is 0 Å². The summed E-state index contributed by atoms with van der Waals surface area (Å²) in [7, 11) is 0. The van der Waals surface area contributed by atoms with E-state index in [0.29, 0.717) is 12.3 Å². The molecular weight excluding hydrogens is 290 g/mol. The number of aryl methyl sites for hydroxylation is 1. The summed E-state index contributed by atoms with van der Waals surface area (Å²) in [6.45, 7) is 10.6. The van der Waals surface area contributed by atoms with Crippen LogP contribution in [-0.4, -0.2) is 5.91 Å². The Morgan fingerprint density at radius 1 is 1.39 bits per heavy atom. The van der Waals surface area contributed by atoms with Crippen LogP contribution in [0.15, 0.2) is 22.7 Å². The molecule has 0 saturated heterocycles. The van der Waals surface area contributed by atoms with Gasteiger partial charge in [-0.05, 0) is 51.9 Å². The third-order valence-corrected chi connectivity index (χ3v) is 4.02. The van der Waals surface area contributed by atoms with Crippen LogP contribution in [0.2, 0.25) is 0 Å². The lowest BCUT2D eigenvalue weighted by atomic mass is 9.80. The van der Waals surface area contributed by atoms with E-state index in [-0.39, 0.29) is 11.3 Å².